The number of ether oxygens (including phenoxy) is 2. The van der Waals surface area contributed by atoms with E-state index < -0.39 is 5.56 Å². The number of carbonyl (C=O) groups excluding carboxylic acids is 1. The minimum absolute atomic E-state index is 0.0231. The van der Waals surface area contributed by atoms with Crippen molar-refractivity contribution in [3.63, 3.8) is 0 Å². The Morgan fingerprint density at radius 1 is 1.03 bits per heavy atom. The fourth-order valence-corrected chi connectivity index (χ4v) is 3.75. The molecule has 0 fully saturated rings. The van der Waals surface area contributed by atoms with Crippen LogP contribution in [-0.4, -0.2) is 41.7 Å². The molecule has 0 spiro atoms. The first-order chi connectivity index (χ1) is 17.4. The zero-order chi connectivity index (χ0) is 25.7. The van der Waals surface area contributed by atoms with Crippen molar-refractivity contribution >= 4 is 40.4 Å². The third kappa shape index (κ3) is 5.67. The van der Waals surface area contributed by atoms with Crippen molar-refractivity contribution in [2.75, 3.05) is 20.8 Å². The van der Waals surface area contributed by atoms with Crippen LogP contribution in [0.3, 0.4) is 0 Å². The van der Waals surface area contributed by atoms with Gasteiger partial charge in [0.05, 0.1) is 25.3 Å². The number of H-pyrrole nitrogens is 1. The molecule has 0 aliphatic rings. The molecule has 4 rings (SSSR count). The van der Waals surface area contributed by atoms with Gasteiger partial charge in [0.25, 0.3) is 11.5 Å². The van der Waals surface area contributed by atoms with Gasteiger partial charge in [-0.2, -0.15) is 0 Å². The zero-order valence-electron chi connectivity index (χ0n) is 19.7. The summed E-state index contributed by atoms with van der Waals surface area (Å²) in [6.45, 7) is 0.451. The van der Waals surface area contributed by atoms with Gasteiger partial charge in [-0.25, -0.2) is 4.98 Å². The smallest absolute Gasteiger partial charge is 0.274 e. The lowest BCUT2D eigenvalue weighted by Gasteiger charge is -2.09. The molecule has 0 aliphatic carbocycles. The second-order valence-corrected chi connectivity index (χ2v) is 8.35. The number of amides is 1. The summed E-state index contributed by atoms with van der Waals surface area (Å²) in [5.41, 5.74) is 2.28. The van der Waals surface area contributed by atoms with Crippen LogP contribution < -0.4 is 20.3 Å². The second kappa shape index (κ2) is 11.0. The van der Waals surface area contributed by atoms with Crippen molar-refractivity contribution in [1.82, 2.24) is 15.3 Å². The molecule has 184 valence electrons. The van der Waals surface area contributed by atoms with Crippen LogP contribution in [0.1, 0.15) is 27.2 Å². The number of rotatable bonds is 8. The lowest BCUT2D eigenvalue weighted by Crippen LogP contribution is -2.25. The molecule has 0 saturated carbocycles. The van der Waals surface area contributed by atoms with Crippen molar-refractivity contribution in [3.8, 4) is 11.5 Å². The Morgan fingerprint density at radius 2 is 1.75 bits per heavy atom. The van der Waals surface area contributed by atoms with E-state index in [0.29, 0.717) is 51.6 Å². The molecule has 1 heterocycles. The summed E-state index contributed by atoms with van der Waals surface area (Å²) in [4.78, 5) is 32.3. The topological polar surface area (TPSA) is 114 Å². The van der Waals surface area contributed by atoms with E-state index in [-0.39, 0.29) is 17.4 Å². The van der Waals surface area contributed by atoms with E-state index in [0.717, 1.165) is 5.56 Å². The molecule has 0 atom stereocenters. The molecule has 8 nitrogen and oxygen atoms in total. The number of aliphatic hydroxyl groups is 1. The Labute approximate surface area is 212 Å². The van der Waals surface area contributed by atoms with E-state index in [2.05, 4.69) is 15.3 Å². The molecule has 1 amide bonds. The summed E-state index contributed by atoms with van der Waals surface area (Å²) in [6, 6.07) is 17.2. The average Bonchev–Trinajstić information content (AvgIpc) is 2.89. The predicted octanol–water partition coefficient (Wildman–Crippen LogP) is 4.62. The number of nitrogens with zero attached hydrogens (tertiary/aromatic N) is 1. The highest BCUT2D eigenvalue weighted by atomic mass is 35.5. The van der Waals surface area contributed by atoms with Crippen LogP contribution in [0.25, 0.3) is 22.9 Å². The predicted molar refractivity (Wildman–Crippen MR) is 140 cm³/mol. The van der Waals surface area contributed by atoms with Gasteiger partial charge in [-0.15, -0.1) is 0 Å². The highest BCUT2D eigenvalue weighted by molar-refractivity contribution is 6.30. The first kappa shape index (κ1) is 24.8. The highest BCUT2D eigenvalue weighted by Gasteiger charge is 2.11. The molecule has 3 N–H and O–H groups in total. The van der Waals surface area contributed by atoms with Crippen molar-refractivity contribution in [3.05, 3.63) is 98.4 Å². The molecule has 0 saturated heterocycles. The van der Waals surface area contributed by atoms with Gasteiger partial charge in [0.2, 0.25) is 0 Å². The van der Waals surface area contributed by atoms with Gasteiger partial charge in [-0.3, -0.25) is 9.59 Å². The van der Waals surface area contributed by atoms with Crippen LogP contribution in [0.5, 0.6) is 11.5 Å². The van der Waals surface area contributed by atoms with Crippen LogP contribution in [-0.2, 0) is 6.42 Å². The van der Waals surface area contributed by atoms with Crippen LogP contribution in [0.4, 0.5) is 0 Å². The van der Waals surface area contributed by atoms with Gasteiger partial charge in [-0.05, 0) is 60.5 Å². The van der Waals surface area contributed by atoms with Crippen LogP contribution in [0, 0.1) is 0 Å². The summed E-state index contributed by atoms with van der Waals surface area (Å²) < 4.78 is 10.5. The normalized spacial score (nSPS) is 11.4. The number of hydrogen-bond acceptors (Lipinski definition) is 6. The standard InChI is InChI=1S/C27H24ClN3O5/c1-35-24-10-6-17(14-25(24)36-2)23(32)15-22-27(34)31-21-13-18(5-9-20(21)30-22)26(33)29-12-11-16-3-7-19(28)8-4-16/h3-10,13-15,32H,11-12H2,1-2H3,(H,29,33)(H,31,34). The maximum Gasteiger partial charge on any atom is 0.274 e. The molecular weight excluding hydrogens is 482 g/mol. The van der Waals surface area contributed by atoms with E-state index in [1.54, 1.807) is 36.4 Å². The van der Waals surface area contributed by atoms with E-state index in [1.807, 2.05) is 24.3 Å². The molecule has 4 aromatic rings. The first-order valence-corrected chi connectivity index (χ1v) is 11.5. The molecular formula is C27H24ClN3O5. The van der Waals surface area contributed by atoms with Gasteiger partial charge in [0.1, 0.15) is 11.5 Å². The fourth-order valence-electron chi connectivity index (χ4n) is 3.62. The average molecular weight is 506 g/mol. The number of aliphatic hydroxyl groups excluding tert-OH is 1. The van der Waals surface area contributed by atoms with Gasteiger partial charge >= 0.3 is 0 Å². The zero-order valence-corrected chi connectivity index (χ0v) is 20.4. The van der Waals surface area contributed by atoms with E-state index >= 15 is 0 Å². The van der Waals surface area contributed by atoms with E-state index in [4.69, 9.17) is 21.1 Å². The molecule has 1 aromatic heterocycles. The maximum atomic E-state index is 12.6. The van der Waals surface area contributed by atoms with Crippen LogP contribution in [0.15, 0.2) is 65.5 Å². The minimum Gasteiger partial charge on any atom is -0.507 e. The fraction of sp³-hybridized carbons (Fsp3) is 0.148. The molecule has 0 bridgehead atoms. The number of carbonyl (C=O) groups is 1. The number of nitrogens with one attached hydrogen (secondary N) is 2. The third-order valence-electron chi connectivity index (χ3n) is 5.55. The van der Waals surface area contributed by atoms with Crippen molar-refractivity contribution < 1.29 is 19.4 Å². The summed E-state index contributed by atoms with van der Waals surface area (Å²) in [5, 5.41) is 14.1. The summed E-state index contributed by atoms with van der Waals surface area (Å²) in [6.07, 6.45) is 1.94. The van der Waals surface area contributed by atoms with E-state index in [9.17, 15) is 14.7 Å². The molecule has 3 aromatic carbocycles. The Morgan fingerprint density at radius 3 is 2.47 bits per heavy atom. The van der Waals surface area contributed by atoms with Gasteiger partial charge < -0.3 is 24.9 Å². The quantitative estimate of drug-likeness (QED) is 0.301. The first-order valence-electron chi connectivity index (χ1n) is 11.1. The molecule has 9 heteroatoms. The number of halogens is 1. The monoisotopic (exact) mass is 505 g/mol. The minimum atomic E-state index is -0.505. The number of aromatic amines is 1. The number of benzene rings is 3. The number of fused-ring (bicyclic) bond motifs is 1. The van der Waals surface area contributed by atoms with Crippen molar-refractivity contribution in [2.24, 2.45) is 0 Å². The lowest BCUT2D eigenvalue weighted by atomic mass is 10.1. The van der Waals surface area contributed by atoms with Gasteiger partial charge in [-0.1, -0.05) is 23.7 Å². The SMILES string of the molecule is COc1ccc(C(O)=Cc2nc3ccc(C(=O)NCCc4ccc(Cl)cc4)cc3[nH]c2=O)cc1OC. The number of aromatic nitrogens is 2. The van der Waals surface area contributed by atoms with Crippen LogP contribution in [0.2, 0.25) is 5.02 Å². The Balaban J connectivity index is 1.51. The number of methoxy groups -OCH3 is 2. The van der Waals surface area contributed by atoms with Gasteiger partial charge in [0, 0.05) is 28.8 Å². The Bertz CT molecular complexity index is 1500. The third-order valence-corrected chi connectivity index (χ3v) is 5.80. The lowest BCUT2D eigenvalue weighted by molar-refractivity contribution is 0.0954. The van der Waals surface area contributed by atoms with Gasteiger partial charge in [0.15, 0.2) is 11.5 Å². The number of hydrogen-bond donors (Lipinski definition) is 3. The van der Waals surface area contributed by atoms with Crippen molar-refractivity contribution in [2.45, 2.75) is 6.42 Å². The molecule has 0 unspecified atom stereocenters. The van der Waals surface area contributed by atoms with Crippen molar-refractivity contribution in [1.29, 1.82) is 0 Å². The molecule has 36 heavy (non-hydrogen) atoms. The summed E-state index contributed by atoms with van der Waals surface area (Å²) in [7, 11) is 3.01. The Hall–Kier alpha value is -4.30. The van der Waals surface area contributed by atoms with Crippen LogP contribution >= 0.6 is 11.6 Å². The molecule has 0 radical (unpaired) electrons. The second-order valence-electron chi connectivity index (χ2n) is 7.91. The Kier molecular flexibility index (Phi) is 7.56. The maximum absolute atomic E-state index is 12.6. The largest absolute Gasteiger partial charge is 0.507 e. The van der Waals surface area contributed by atoms with E-state index in [1.165, 1.54) is 20.3 Å². The highest BCUT2D eigenvalue weighted by Crippen LogP contribution is 2.30. The molecule has 0 aliphatic heterocycles. The summed E-state index contributed by atoms with van der Waals surface area (Å²) >= 11 is 5.89. The summed E-state index contributed by atoms with van der Waals surface area (Å²) in [5.74, 6) is 0.529.